The van der Waals surface area contributed by atoms with Crippen LogP contribution in [0, 0.1) is 6.92 Å². The zero-order chi connectivity index (χ0) is 37.7. The molecule has 0 spiro atoms. The smallest absolute Gasteiger partial charge is 0.255 e. The van der Waals surface area contributed by atoms with E-state index in [0.29, 0.717) is 64.2 Å². The molecule has 282 valence electrons. The maximum absolute atomic E-state index is 12.7. The minimum Gasteiger partial charge on any atom is -0.496 e. The Balaban J connectivity index is 1.06. The Morgan fingerprint density at radius 2 is 1.26 bits per heavy atom. The Bertz CT molecular complexity index is 1840. The molecule has 1 unspecified atom stereocenters. The number of methoxy groups -OCH3 is 3. The number of amides is 1. The van der Waals surface area contributed by atoms with Crippen molar-refractivity contribution >= 4 is 23.7 Å². The van der Waals surface area contributed by atoms with Gasteiger partial charge in [-0.1, -0.05) is 49.1 Å². The summed E-state index contributed by atoms with van der Waals surface area (Å²) in [6.07, 6.45) is 8.13. The van der Waals surface area contributed by atoms with Crippen LogP contribution >= 0.6 is 0 Å². The van der Waals surface area contributed by atoms with E-state index in [0.717, 1.165) is 60.0 Å². The second kappa shape index (κ2) is 19.0. The van der Waals surface area contributed by atoms with Crippen molar-refractivity contribution in [2.24, 2.45) is 0 Å². The predicted molar refractivity (Wildman–Crippen MR) is 205 cm³/mol. The first-order valence-electron chi connectivity index (χ1n) is 17.8. The van der Waals surface area contributed by atoms with Crippen molar-refractivity contribution in [3.63, 3.8) is 0 Å². The number of benzene rings is 4. The average Bonchev–Trinajstić information content (AvgIpc) is 3.18. The van der Waals surface area contributed by atoms with Gasteiger partial charge in [0.15, 0.2) is 11.5 Å². The molecule has 1 amide bonds. The Hall–Kier alpha value is -5.23. The number of aryl methyl sites for hydroxylation is 1. The third-order valence-electron chi connectivity index (χ3n) is 9.20. The van der Waals surface area contributed by atoms with Crippen molar-refractivity contribution in [2.75, 3.05) is 39.9 Å². The van der Waals surface area contributed by atoms with E-state index in [-0.39, 0.29) is 25.7 Å². The van der Waals surface area contributed by atoms with E-state index in [1.165, 1.54) is 7.11 Å². The zero-order valence-corrected chi connectivity index (χ0v) is 30.9. The Labute approximate surface area is 311 Å². The number of hydrogen-bond acceptors (Lipinski definition) is 10. The molecule has 0 aliphatic carbocycles. The summed E-state index contributed by atoms with van der Waals surface area (Å²) in [6.45, 7) is 2.39. The van der Waals surface area contributed by atoms with Crippen LogP contribution in [0.2, 0.25) is 0 Å². The quantitative estimate of drug-likeness (QED) is 0.0509. The lowest BCUT2D eigenvalue weighted by Gasteiger charge is -2.29. The molecule has 0 radical (unpaired) electrons. The highest BCUT2D eigenvalue weighted by atomic mass is 16.5. The number of ether oxygens (including phenoxy) is 5. The molecule has 11 nitrogen and oxygen atoms in total. The molecule has 4 aromatic carbocycles. The second-order valence-corrected chi connectivity index (χ2v) is 12.9. The first kappa shape index (κ1) is 39.0. The van der Waals surface area contributed by atoms with Gasteiger partial charge >= 0.3 is 0 Å². The molecule has 5 rings (SSSR count). The fraction of sp³-hybridized carbons (Fsp3) is 0.357. The second-order valence-electron chi connectivity index (χ2n) is 12.9. The van der Waals surface area contributed by atoms with E-state index in [1.807, 2.05) is 79.7 Å². The maximum Gasteiger partial charge on any atom is 0.255 e. The third kappa shape index (κ3) is 9.81. The molecule has 0 saturated carbocycles. The molecule has 0 saturated heterocycles. The van der Waals surface area contributed by atoms with Crippen LogP contribution < -0.4 is 34.3 Å². The fourth-order valence-corrected chi connectivity index (χ4v) is 6.33. The molecule has 11 heteroatoms. The van der Waals surface area contributed by atoms with Gasteiger partial charge in [0.1, 0.15) is 17.7 Å². The zero-order valence-electron chi connectivity index (χ0n) is 30.9. The molecule has 4 aromatic rings. The summed E-state index contributed by atoms with van der Waals surface area (Å²) in [5.41, 5.74) is 6.75. The lowest BCUT2D eigenvalue weighted by Crippen LogP contribution is -2.38. The number of anilines is 1. The minimum absolute atomic E-state index is 0.132. The first-order chi connectivity index (χ1) is 25.8. The van der Waals surface area contributed by atoms with E-state index in [1.54, 1.807) is 14.2 Å². The fourth-order valence-electron chi connectivity index (χ4n) is 6.33. The monoisotopic (exact) mass is 726 g/mol. The summed E-state index contributed by atoms with van der Waals surface area (Å²) in [4.78, 5) is 12.7. The highest BCUT2D eigenvalue weighted by Crippen LogP contribution is 2.39. The summed E-state index contributed by atoms with van der Waals surface area (Å²) in [6, 6.07) is 18.8. The average molecular weight is 727 g/mol. The van der Waals surface area contributed by atoms with Gasteiger partial charge in [-0.05, 0) is 90.6 Å². The van der Waals surface area contributed by atoms with Crippen LogP contribution in [0.4, 0.5) is 5.69 Å². The molecule has 1 aliphatic rings. The Kier molecular flexibility index (Phi) is 14.0. The first-order valence-corrected chi connectivity index (χ1v) is 17.8. The standard InChI is InChI=1S/C42H50N2O9/c1-27-10-14-35-33(18-27)42(48)44-41(43-35)30-13-15-36(32(23-30)25-46)52-16-8-6-5-7-9-17-53-40-38(50-3)21-29(22-39(40)51-4)12-11-28-19-31(24-45)34(26-47)37(20-28)49-2/h10-15,18-23,41,43,45-47H,5-9,16-17,24-26H2,1-4H3,(H,44,48). The summed E-state index contributed by atoms with van der Waals surface area (Å²) in [5, 5.41) is 35.9. The maximum atomic E-state index is 12.7. The lowest BCUT2D eigenvalue weighted by atomic mass is 10.0. The molecule has 5 N–H and O–H groups in total. The summed E-state index contributed by atoms with van der Waals surface area (Å²) in [5.74, 6) is 2.68. The molecule has 53 heavy (non-hydrogen) atoms. The van der Waals surface area contributed by atoms with E-state index in [9.17, 15) is 20.1 Å². The van der Waals surface area contributed by atoms with Crippen molar-refractivity contribution in [3.8, 4) is 28.7 Å². The van der Waals surface area contributed by atoms with Gasteiger partial charge in [0.05, 0.1) is 59.9 Å². The number of fused-ring (bicyclic) bond motifs is 1. The van der Waals surface area contributed by atoms with Crippen molar-refractivity contribution in [3.05, 3.63) is 105 Å². The van der Waals surface area contributed by atoms with Crippen molar-refractivity contribution in [1.29, 1.82) is 0 Å². The Morgan fingerprint density at radius 1 is 0.642 bits per heavy atom. The summed E-state index contributed by atoms with van der Waals surface area (Å²) >= 11 is 0. The van der Waals surface area contributed by atoms with Crippen molar-refractivity contribution in [2.45, 2.75) is 65.0 Å². The van der Waals surface area contributed by atoms with E-state index >= 15 is 0 Å². The van der Waals surface area contributed by atoms with Gasteiger partial charge in [0.25, 0.3) is 5.91 Å². The topological polar surface area (TPSA) is 148 Å². The van der Waals surface area contributed by atoms with Gasteiger partial charge in [-0.25, -0.2) is 0 Å². The molecule has 0 bridgehead atoms. The molecule has 0 aromatic heterocycles. The molecule has 1 atom stereocenters. The lowest BCUT2D eigenvalue weighted by molar-refractivity contribution is 0.0935. The number of unbranched alkanes of at least 4 members (excludes halogenated alkanes) is 4. The van der Waals surface area contributed by atoms with Crippen LogP contribution in [0.15, 0.2) is 60.7 Å². The van der Waals surface area contributed by atoms with Gasteiger partial charge in [0.2, 0.25) is 5.75 Å². The molecule has 0 fully saturated rings. The van der Waals surface area contributed by atoms with Crippen LogP contribution in [0.1, 0.15) is 87.6 Å². The van der Waals surface area contributed by atoms with Gasteiger partial charge in [-0.2, -0.15) is 0 Å². The summed E-state index contributed by atoms with van der Waals surface area (Å²) < 4.78 is 28.9. The van der Waals surface area contributed by atoms with Gasteiger partial charge in [0, 0.05) is 16.8 Å². The van der Waals surface area contributed by atoms with Gasteiger partial charge in [-0.15, -0.1) is 0 Å². The molecular weight excluding hydrogens is 676 g/mol. The predicted octanol–water partition coefficient (Wildman–Crippen LogP) is 6.93. The van der Waals surface area contributed by atoms with Crippen LogP contribution in [-0.4, -0.2) is 55.8 Å². The number of nitrogens with one attached hydrogen (secondary N) is 2. The molecule has 1 aliphatic heterocycles. The normalized spacial score (nSPS) is 13.6. The number of rotatable bonds is 19. The van der Waals surface area contributed by atoms with Crippen molar-refractivity contribution < 1.29 is 43.8 Å². The molecule has 1 heterocycles. The van der Waals surface area contributed by atoms with Crippen molar-refractivity contribution in [1.82, 2.24) is 5.32 Å². The van der Waals surface area contributed by atoms with Crippen LogP contribution in [0.25, 0.3) is 12.2 Å². The van der Waals surface area contributed by atoms with Crippen LogP contribution in [-0.2, 0) is 19.8 Å². The number of carbonyl (C=O) groups is 1. The van der Waals surface area contributed by atoms with Gasteiger partial charge < -0.3 is 49.6 Å². The SMILES string of the molecule is COc1cc(C=Cc2cc(OC)c(OCCCCCCCOc3ccc(C4NC(=O)c5cc(C)ccc5N4)cc3CO)c(OC)c2)cc(CO)c1CO. The minimum atomic E-state index is -0.402. The number of hydrogen-bond donors (Lipinski definition) is 5. The van der Waals surface area contributed by atoms with Crippen LogP contribution in [0.5, 0.6) is 28.7 Å². The highest BCUT2D eigenvalue weighted by molar-refractivity contribution is 6.01. The summed E-state index contributed by atoms with van der Waals surface area (Å²) in [7, 11) is 4.71. The third-order valence-corrected chi connectivity index (χ3v) is 9.20. The number of aliphatic hydroxyl groups is 3. The highest BCUT2D eigenvalue weighted by Gasteiger charge is 2.25. The number of aliphatic hydroxyl groups excluding tert-OH is 3. The van der Waals surface area contributed by atoms with E-state index in [4.69, 9.17) is 23.7 Å². The van der Waals surface area contributed by atoms with E-state index < -0.39 is 6.17 Å². The molecular formula is C42H50N2O9. The van der Waals surface area contributed by atoms with Crippen LogP contribution in [0.3, 0.4) is 0 Å². The van der Waals surface area contributed by atoms with E-state index in [2.05, 4.69) is 10.6 Å². The number of carbonyl (C=O) groups excluding carboxylic acids is 1. The van der Waals surface area contributed by atoms with Gasteiger partial charge in [-0.3, -0.25) is 4.79 Å². The Morgan fingerprint density at radius 3 is 1.91 bits per heavy atom. The largest absolute Gasteiger partial charge is 0.496 e.